The van der Waals surface area contributed by atoms with Gasteiger partial charge in [-0.25, -0.2) is 4.39 Å². The van der Waals surface area contributed by atoms with Crippen LogP contribution in [0.25, 0.3) is 0 Å². The van der Waals surface area contributed by atoms with Crippen LogP contribution < -0.4 is 0 Å². The van der Waals surface area contributed by atoms with Crippen LogP contribution in [0.2, 0.25) is 0 Å². The van der Waals surface area contributed by atoms with Gasteiger partial charge in [0.05, 0.1) is 38.1 Å². The molecule has 5 nitrogen and oxygen atoms in total. The zero-order chi connectivity index (χ0) is 25.6. The molecule has 2 aliphatic rings. The summed E-state index contributed by atoms with van der Waals surface area (Å²) in [4.78, 5) is 15.6. The van der Waals surface area contributed by atoms with Crippen molar-refractivity contribution in [3.05, 3.63) is 107 Å². The monoisotopic (exact) mass is 503 g/mol. The second kappa shape index (κ2) is 12.0. The first-order chi connectivity index (χ1) is 18.1. The number of rotatable bonds is 8. The number of benzene rings is 3. The fourth-order valence-electron chi connectivity index (χ4n) is 5.31. The molecule has 5 rings (SSSR count). The van der Waals surface area contributed by atoms with Gasteiger partial charge in [-0.1, -0.05) is 66.7 Å². The number of hydrogen-bond acceptors (Lipinski definition) is 4. The molecule has 194 valence electrons. The van der Waals surface area contributed by atoms with Gasteiger partial charge in [-0.2, -0.15) is 0 Å². The molecule has 0 aromatic heterocycles. The van der Waals surface area contributed by atoms with Gasteiger partial charge in [0, 0.05) is 6.54 Å². The van der Waals surface area contributed by atoms with Gasteiger partial charge in [0.2, 0.25) is 0 Å². The zero-order valence-corrected chi connectivity index (χ0v) is 21.2. The van der Waals surface area contributed by atoms with E-state index >= 15 is 0 Å². The van der Waals surface area contributed by atoms with Crippen molar-refractivity contribution in [3.63, 3.8) is 0 Å². The lowest BCUT2D eigenvalue weighted by Crippen LogP contribution is -2.48. The Morgan fingerprint density at radius 3 is 2.54 bits per heavy atom. The third-order valence-corrected chi connectivity index (χ3v) is 7.15. The highest BCUT2D eigenvalue weighted by Gasteiger charge is 2.37. The van der Waals surface area contributed by atoms with Crippen LogP contribution in [-0.4, -0.2) is 48.9 Å². The van der Waals surface area contributed by atoms with Crippen LogP contribution in [0, 0.1) is 5.82 Å². The van der Waals surface area contributed by atoms with Crippen molar-refractivity contribution in [1.29, 1.82) is 0 Å². The smallest absolute Gasteiger partial charge is 0.252 e. The van der Waals surface area contributed by atoms with Gasteiger partial charge in [0.1, 0.15) is 11.9 Å². The Bertz CT molecular complexity index is 1160. The number of carbonyl (C=O) groups excluding carboxylic acids is 1. The van der Waals surface area contributed by atoms with E-state index in [4.69, 9.17) is 14.2 Å². The topological polar surface area (TPSA) is 48.0 Å². The Labute approximate surface area is 218 Å². The zero-order valence-electron chi connectivity index (χ0n) is 21.2. The molecular formula is C31H34FNO4. The number of nitrogens with zero attached hydrogens (tertiary/aromatic N) is 1. The molecule has 3 aromatic rings. The van der Waals surface area contributed by atoms with E-state index in [9.17, 15) is 9.18 Å². The SMILES string of the molecule is C[C@@H](COCc1ccccc1)O[C@@H]1CC[C@H](C(=O)N2CCc3ccccc3[C@@H]2c2ccc(F)cc2)OC1. The standard InChI is InChI=1S/C31H34FNO4/c1-22(19-35-20-23-7-3-2-4-8-23)37-27-15-16-29(36-21-27)31(34)33-18-17-24-9-5-6-10-28(24)30(33)25-11-13-26(32)14-12-25/h2-14,22,27,29-30H,15-21H2,1H3/t22-,27+,29+,30-/m0/s1. The van der Waals surface area contributed by atoms with Crippen LogP contribution in [0.3, 0.4) is 0 Å². The molecule has 0 N–H and O–H groups in total. The molecule has 0 bridgehead atoms. The summed E-state index contributed by atoms with van der Waals surface area (Å²) in [5, 5.41) is 0. The summed E-state index contributed by atoms with van der Waals surface area (Å²) >= 11 is 0. The van der Waals surface area contributed by atoms with Crippen molar-refractivity contribution in [1.82, 2.24) is 4.90 Å². The molecule has 0 radical (unpaired) electrons. The average Bonchev–Trinajstić information content (AvgIpc) is 2.93. The molecule has 0 spiro atoms. The number of carbonyl (C=O) groups is 1. The summed E-state index contributed by atoms with van der Waals surface area (Å²) in [6, 6.07) is 24.5. The number of hydrogen-bond donors (Lipinski definition) is 0. The van der Waals surface area contributed by atoms with Crippen LogP contribution in [0.15, 0.2) is 78.9 Å². The Morgan fingerprint density at radius 2 is 1.78 bits per heavy atom. The van der Waals surface area contributed by atoms with Crippen molar-refractivity contribution in [2.45, 2.75) is 57.1 Å². The Balaban J connectivity index is 1.17. The second-order valence-corrected chi connectivity index (χ2v) is 9.90. The van der Waals surface area contributed by atoms with E-state index in [1.807, 2.05) is 54.3 Å². The Kier molecular flexibility index (Phi) is 8.29. The van der Waals surface area contributed by atoms with Crippen molar-refractivity contribution in [2.75, 3.05) is 19.8 Å². The molecule has 1 amide bonds. The van der Waals surface area contributed by atoms with E-state index < -0.39 is 6.10 Å². The van der Waals surface area contributed by atoms with Gasteiger partial charge in [0.15, 0.2) is 0 Å². The van der Waals surface area contributed by atoms with E-state index in [-0.39, 0.29) is 30.0 Å². The highest BCUT2D eigenvalue weighted by Crippen LogP contribution is 2.36. The molecule has 0 saturated carbocycles. The largest absolute Gasteiger partial charge is 0.374 e. The van der Waals surface area contributed by atoms with Crippen LogP contribution in [0.4, 0.5) is 4.39 Å². The number of halogens is 1. The van der Waals surface area contributed by atoms with Crippen molar-refractivity contribution in [3.8, 4) is 0 Å². The van der Waals surface area contributed by atoms with Gasteiger partial charge in [0.25, 0.3) is 5.91 Å². The maximum Gasteiger partial charge on any atom is 0.252 e. The summed E-state index contributed by atoms with van der Waals surface area (Å²) in [7, 11) is 0. The highest BCUT2D eigenvalue weighted by molar-refractivity contribution is 5.82. The molecule has 1 fully saturated rings. The summed E-state index contributed by atoms with van der Waals surface area (Å²) in [6.07, 6.45) is 1.53. The predicted octanol–water partition coefficient (Wildman–Crippen LogP) is 5.47. The lowest BCUT2D eigenvalue weighted by Gasteiger charge is -2.40. The lowest BCUT2D eigenvalue weighted by atomic mass is 9.87. The Morgan fingerprint density at radius 1 is 1.03 bits per heavy atom. The van der Waals surface area contributed by atoms with Gasteiger partial charge in [-0.3, -0.25) is 4.79 Å². The fraction of sp³-hybridized carbons (Fsp3) is 0.387. The summed E-state index contributed by atoms with van der Waals surface area (Å²) < 4.78 is 31.6. The summed E-state index contributed by atoms with van der Waals surface area (Å²) in [5.41, 5.74) is 4.36. The van der Waals surface area contributed by atoms with Gasteiger partial charge in [-0.15, -0.1) is 0 Å². The van der Waals surface area contributed by atoms with Crippen LogP contribution in [0.1, 0.15) is 48.1 Å². The third-order valence-electron chi connectivity index (χ3n) is 7.15. The molecule has 4 atom stereocenters. The van der Waals surface area contributed by atoms with E-state index in [1.54, 1.807) is 12.1 Å². The molecule has 0 unspecified atom stereocenters. The minimum absolute atomic E-state index is 0.0125. The predicted molar refractivity (Wildman–Crippen MR) is 140 cm³/mol. The number of ether oxygens (including phenoxy) is 3. The molecule has 0 aliphatic carbocycles. The number of amides is 1. The second-order valence-electron chi connectivity index (χ2n) is 9.90. The molecule has 2 heterocycles. The highest BCUT2D eigenvalue weighted by atomic mass is 19.1. The normalized spacial score (nSPS) is 22.3. The van der Waals surface area contributed by atoms with Crippen LogP contribution in [0.5, 0.6) is 0 Å². The third kappa shape index (κ3) is 6.27. The molecule has 3 aromatic carbocycles. The molecule has 2 aliphatic heterocycles. The first-order valence-electron chi connectivity index (χ1n) is 13.1. The number of fused-ring (bicyclic) bond motifs is 1. The van der Waals surface area contributed by atoms with E-state index in [0.717, 1.165) is 29.5 Å². The molecule has 37 heavy (non-hydrogen) atoms. The van der Waals surface area contributed by atoms with Gasteiger partial charge < -0.3 is 19.1 Å². The lowest BCUT2D eigenvalue weighted by molar-refractivity contribution is -0.160. The van der Waals surface area contributed by atoms with Gasteiger partial charge in [-0.05, 0) is 60.6 Å². The Hall–Kier alpha value is -3.06. The van der Waals surface area contributed by atoms with E-state index in [0.29, 0.717) is 32.8 Å². The molecular weight excluding hydrogens is 469 g/mol. The van der Waals surface area contributed by atoms with Crippen molar-refractivity contribution < 1.29 is 23.4 Å². The minimum atomic E-state index is -0.502. The van der Waals surface area contributed by atoms with Crippen molar-refractivity contribution >= 4 is 5.91 Å². The first kappa shape index (κ1) is 25.6. The molecule has 6 heteroatoms. The average molecular weight is 504 g/mol. The van der Waals surface area contributed by atoms with E-state index in [1.165, 1.54) is 17.7 Å². The summed E-state index contributed by atoms with van der Waals surface area (Å²) in [5.74, 6) is -0.298. The minimum Gasteiger partial charge on any atom is -0.374 e. The maximum atomic E-state index is 13.7. The quantitative estimate of drug-likeness (QED) is 0.409. The van der Waals surface area contributed by atoms with Crippen LogP contribution >= 0.6 is 0 Å². The van der Waals surface area contributed by atoms with E-state index in [2.05, 4.69) is 12.1 Å². The first-order valence-corrected chi connectivity index (χ1v) is 13.1. The van der Waals surface area contributed by atoms with Crippen LogP contribution in [-0.2, 0) is 32.0 Å². The fourth-order valence-corrected chi connectivity index (χ4v) is 5.31. The van der Waals surface area contributed by atoms with Gasteiger partial charge >= 0.3 is 0 Å². The summed E-state index contributed by atoms with van der Waals surface area (Å²) in [6.45, 7) is 4.04. The van der Waals surface area contributed by atoms with Crippen molar-refractivity contribution in [2.24, 2.45) is 0 Å². The maximum absolute atomic E-state index is 13.7. The molecule has 1 saturated heterocycles.